The van der Waals surface area contributed by atoms with Crippen LogP contribution in [0.2, 0.25) is 0 Å². The molecule has 3 aliphatic rings. The summed E-state index contributed by atoms with van der Waals surface area (Å²) in [6.45, 7) is 5.87. The molecule has 1 saturated carbocycles. The third kappa shape index (κ3) is 3.30. The van der Waals surface area contributed by atoms with Gasteiger partial charge in [-0.3, -0.25) is 9.88 Å². The van der Waals surface area contributed by atoms with Crippen molar-refractivity contribution in [1.82, 2.24) is 9.88 Å². The fourth-order valence-corrected chi connectivity index (χ4v) is 4.42. The zero-order chi connectivity index (χ0) is 15.7. The predicted molar refractivity (Wildman–Crippen MR) is 89.3 cm³/mol. The Kier molecular flexibility index (Phi) is 4.39. The standard InChI is InChI=1S/C19H28N2O2/c1-15-6-8-20-11-16(15)12-22-18-7-9-23-19(10-18)13-21(14-19)17-4-2-3-5-17/h6,8,11,17-18H,2-5,7,9-10,12-14H2,1H3. The van der Waals surface area contributed by atoms with Crippen molar-refractivity contribution < 1.29 is 9.47 Å². The normalized spacial score (nSPS) is 28.1. The van der Waals surface area contributed by atoms with E-state index in [1.807, 2.05) is 12.4 Å². The maximum absolute atomic E-state index is 6.20. The molecule has 1 spiro atoms. The third-order valence-corrected chi connectivity index (χ3v) is 5.89. The van der Waals surface area contributed by atoms with Crippen molar-refractivity contribution in [2.45, 2.75) is 69.8 Å². The van der Waals surface area contributed by atoms with Crippen LogP contribution in [-0.2, 0) is 16.1 Å². The van der Waals surface area contributed by atoms with Crippen molar-refractivity contribution in [3.05, 3.63) is 29.6 Å². The predicted octanol–water partition coefficient (Wildman–Crippen LogP) is 3.08. The Labute approximate surface area is 139 Å². The van der Waals surface area contributed by atoms with E-state index in [1.54, 1.807) is 0 Å². The Morgan fingerprint density at radius 1 is 1.30 bits per heavy atom. The fourth-order valence-electron chi connectivity index (χ4n) is 4.42. The molecule has 3 heterocycles. The number of ether oxygens (including phenoxy) is 2. The molecule has 0 amide bonds. The van der Waals surface area contributed by atoms with E-state index in [0.29, 0.717) is 12.7 Å². The van der Waals surface area contributed by atoms with Gasteiger partial charge in [0.25, 0.3) is 0 Å². The van der Waals surface area contributed by atoms with Gasteiger partial charge in [-0.05, 0) is 43.4 Å². The smallest absolute Gasteiger partial charge is 0.0959 e. The zero-order valence-corrected chi connectivity index (χ0v) is 14.2. The van der Waals surface area contributed by atoms with Crippen LogP contribution >= 0.6 is 0 Å². The van der Waals surface area contributed by atoms with Crippen molar-refractivity contribution in [3.8, 4) is 0 Å². The van der Waals surface area contributed by atoms with Crippen molar-refractivity contribution in [2.24, 2.45) is 0 Å². The van der Waals surface area contributed by atoms with Gasteiger partial charge in [0.15, 0.2) is 0 Å². The second-order valence-electron chi connectivity index (χ2n) is 7.60. The first kappa shape index (κ1) is 15.6. The van der Waals surface area contributed by atoms with Crippen molar-refractivity contribution in [2.75, 3.05) is 19.7 Å². The lowest BCUT2D eigenvalue weighted by Crippen LogP contribution is -2.67. The maximum Gasteiger partial charge on any atom is 0.0959 e. The molecule has 4 rings (SSSR count). The van der Waals surface area contributed by atoms with Crippen LogP contribution in [0.5, 0.6) is 0 Å². The van der Waals surface area contributed by atoms with Gasteiger partial charge in [0, 0.05) is 44.6 Å². The van der Waals surface area contributed by atoms with E-state index in [4.69, 9.17) is 9.47 Å². The van der Waals surface area contributed by atoms with Crippen molar-refractivity contribution in [1.29, 1.82) is 0 Å². The highest BCUT2D eigenvalue weighted by molar-refractivity contribution is 5.20. The molecule has 0 N–H and O–H groups in total. The first-order valence-electron chi connectivity index (χ1n) is 9.13. The number of aryl methyl sites for hydroxylation is 1. The number of likely N-dealkylation sites (tertiary alicyclic amines) is 1. The number of nitrogens with zero attached hydrogens (tertiary/aromatic N) is 2. The van der Waals surface area contributed by atoms with Gasteiger partial charge >= 0.3 is 0 Å². The van der Waals surface area contributed by atoms with Gasteiger partial charge in [-0.15, -0.1) is 0 Å². The van der Waals surface area contributed by atoms with Crippen LogP contribution in [0.3, 0.4) is 0 Å². The quantitative estimate of drug-likeness (QED) is 0.855. The monoisotopic (exact) mass is 316 g/mol. The molecule has 0 aromatic carbocycles. The summed E-state index contributed by atoms with van der Waals surface area (Å²) in [5, 5.41) is 0. The summed E-state index contributed by atoms with van der Waals surface area (Å²) in [6.07, 6.45) is 11.8. The molecule has 0 radical (unpaired) electrons. The molecule has 1 unspecified atom stereocenters. The van der Waals surface area contributed by atoms with Crippen LogP contribution in [0.25, 0.3) is 0 Å². The van der Waals surface area contributed by atoms with E-state index in [-0.39, 0.29) is 5.60 Å². The highest BCUT2D eigenvalue weighted by atomic mass is 16.5. The van der Waals surface area contributed by atoms with Crippen LogP contribution in [-0.4, -0.2) is 47.3 Å². The minimum absolute atomic E-state index is 0.0789. The molecule has 126 valence electrons. The number of pyridine rings is 1. The van der Waals surface area contributed by atoms with Gasteiger partial charge in [0.05, 0.1) is 18.3 Å². The molecule has 0 bridgehead atoms. The molecule has 3 fully saturated rings. The number of hydrogen-bond donors (Lipinski definition) is 0. The minimum atomic E-state index is 0.0789. The molecular formula is C19H28N2O2. The van der Waals surface area contributed by atoms with Crippen molar-refractivity contribution in [3.63, 3.8) is 0 Å². The summed E-state index contributed by atoms with van der Waals surface area (Å²) in [4.78, 5) is 6.85. The highest BCUT2D eigenvalue weighted by Gasteiger charge is 2.49. The van der Waals surface area contributed by atoms with Crippen LogP contribution in [0.15, 0.2) is 18.5 Å². The lowest BCUT2D eigenvalue weighted by atomic mass is 9.83. The molecule has 2 saturated heterocycles. The zero-order valence-electron chi connectivity index (χ0n) is 14.2. The summed E-state index contributed by atoms with van der Waals surface area (Å²) in [5.41, 5.74) is 2.54. The van der Waals surface area contributed by atoms with Gasteiger partial charge in [-0.2, -0.15) is 0 Å². The van der Waals surface area contributed by atoms with Gasteiger partial charge in [0.2, 0.25) is 0 Å². The molecule has 1 atom stereocenters. The first-order chi connectivity index (χ1) is 11.2. The van der Waals surface area contributed by atoms with Crippen LogP contribution < -0.4 is 0 Å². The first-order valence-corrected chi connectivity index (χ1v) is 9.13. The van der Waals surface area contributed by atoms with E-state index >= 15 is 0 Å². The van der Waals surface area contributed by atoms with Crippen LogP contribution in [0, 0.1) is 6.92 Å². The van der Waals surface area contributed by atoms with Gasteiger partial charge in [-0.25, -0.2) is 0 Å². The summed E-state index contributed by atoms with van der Waals surface area (Å²) >= 11 is 0. The number of rotatable bonds is 4. The molecule has 1 aromatic rings. The topological polar surface area (TPSA) is 34.6 Å². The summed E-state index contributed by atoms with van der Waals surface area (Å²) in [7, 11) is 0. The largest absolute Gasteiger partial charge is 0.373 e. The molecular weight excluding hydrogens is 288 g/mol. The van der Waals surface area contributed by atoms with E-state index in [1.165, 1.54) is 36.8 Å². The van der Waals surface area contributed by atoms with Gasteiger partial charge < -0.3 is 9.47 Å². The second-order valence-corrected chi connectivity index (χ2v) is 7.60. The highest BCUT2D eigenvalue weighted by Crippen LogP contribution is 2.39. The average molecular weight is 316 g/mol. The van der Waals surface area contributed by atoms with E-state index in [0.717, 1.165) is 38.6 Å². The average Bonchev–Trinajstić information content (AvgIpc) is 3.06. The SMILES string of the molecule is Cc1ccncc1COC1CCOC2(C1)CN(C1CCCC1)C2. The fraction of sp³-hybridized carbons (Fsp3) is 0.737. The number of aromatic nitrogens is 1. The lowest BCUT2D eigenvalue weighted by molar-refractivity contribution is -0.206. The molecule has 1 aromatic heterocycles. The second kappa shape index (κ2) is 6.50. The van der Waals surface area contributed by atoms with Gasteiger partial charge in [0.1, 0.15) is 0 Å². The Bertz CT molecular complexity index is 536. The molecule has 4 nitrogen and oxygen atoms in total. The lowest BCUT2D eigenvalue weighted by Gasteiger charge is -2.55. The summed E-state index contributed by atoms with van der Waals surface area (Å²) in [5.74, 6) is 0. The van der Waals surface area contributed by atoms with E-state index in [2.05, 4.69) is 22.9 Å². The summed E-state index contributed by atoms with van der Waals surface area (Å²) in [6, 6.07) is 2.87. The van der Waals surface area contributed by atoms with Crippen molar-refractivity contribution >= 4 is 0 Å². The Balaban J connectivity index is 1.29. The maximum atomic E-state index is 6.20. The van der Waals surface area contributed by atoms with E-state index < -0.39 is 0 Å². The Morgan fingerprint density at radius 2 is 2.13 bits per heavy atom. The van der Waals surface area contributed by atoms with E-state index in [9.17, 15) is 0 Å². The third-order valence-electron chi connectivity index (χ3n) is 5.89. The molecule has 4 heteroatoms. The minimum Gasteiger partial charge on any atom is -0.373 e. The van der Waals surface area contributed by atoms with Gasteiger partial charge in [-0.1, -0.05) is 12.8 Å². The van der Waals surface area contributed by atoms with Crippen LogP contribution in [0.1, 0.15) is 49.7 Å². The molecule has 2 aliphatic heterocycles. The Morgan fingerprint density at radius 3 is 2.91 bits per heavy atom. The molecule has 23 heavy (non-hydrogen) atoms. The Hall–Kier alpha value is -0.970. The summed E-state index contributed by atoms with van der Waals surface area (Å²) < 4.78 is 12.4. The number of hydrogen-bond acceptors (Lipinski definition) is 4. The molecule has 1 aliphatic carbocycles. The van der Waals surface area contributed by atoms with Crippen LogP contribution in [0.4, 0.5) is 0 Å².